The SMILES string of the molecule is CO[C@@H]1C2=CC(C2)C(C)(C)CS(=O)(=O)NC(=O)c2ccc3c(c2)N(C[C@@H]2CC[C@H]21)C[C@@]1(CCCc2cc(Cl)ccc21)CO3. The summed E-state index contributed by atoms with van der Waals surface area (Å²) in [4.78, 5) is 15.8. The summed E-state index contributed by atoms with van der Waals surface area (Å²) in [6.07, 6.45) is 8.36. The summed E-state index contributed by atoms with van der Waals surface area (Å²) < 4.78 is 41.6. The maximum Gasteiger partial charge on any atom is 0.264 e. The van der Waals surface area contributed by atoms with Crippen molar-refractivity contribution in [3.8, 4) is 5.75 Å². The van der Waals surface area contributed by atoms with Gasteiger partial charge in [-0.15, -0.1) is 0 Å². The van der Waals surface area contributed by atoms with Crippen LogP contribution in [-0.4, -0.2) is 53.0 Å². The second-order valence-electron chi connectivity index (χ2n) is 14.2. The first-order valence-electron chi connectivity index (χ1n) is 15.6. The van der Waals surface area contributed by atoms with E-state index >= 15 is 0 Å². The van der Waals surface area contributed by atoms with E-state index in [1.165, 1.54) is 16.7 Å². The van der Waals surface area contributed by atoms with Gasteiger partial charge in [0.25, 0.3) is 5.91 Å². The zero-order valence-corrected chi connectivity index (χ0v) is 26.8. The number of carbonyl (C=O) groups is 1. The van der Waals surface area contributed by atoms with Gasteiger partial charge in [0.1, 0.15) is 5.75 Å². The summed E-state index contributed by atoms with van der Waals surface area (Å²) in [7, 11) is -2.06. The van der Waals surface area contributed by atoms with E-state index < -0.39 is 21.3 Å². The maximum atomic E-state index is 13.4. The largest absolute Gasteiger partial charge is 0.490 e. The van der Waals surface area contributed by atoms with Crippen LogP contribution >= 0.6 is 11.6 Å². The molecule has 1 spiro atoms. The van der Waals surface area contributed by atoms with Crippen LogP contribution in [-0.2, 0) is 26.6 Å². The van der Waals surface area contributed by atoms with E-state index in [1.54, 1.807) is 13.2 Å². The molecular formula is C34H41ClN2O5S. The van der Waals surface area contributed by atoms with Gasteiger partial charge >= 0.3 is 0 Å². The molecule has 4 bridgehead atoms. The number of methoxy groups -OCH3 is 1. The first kappa shape index (κ1) is 29.2. The van der Waals surface area contributed by atoms with Gasteiger partial charge in [0, 0.05) is 36.2 Å². The van der Waals surface area contributed by atoms with Gasteiger partial charge in [-0.1, -0.05) is 37.6 Å². The summed E-state index contributed by atoms with van der Waals surface area (Å²) in [5.41, 5.74) is 4.27. The molecule has 7 nitrogen and oxygen atoms in total. The molecule has 5 atom stereocenters. The third kappa shape index (κ3) is 5.17. The van der Waals surface area contributed by atoms with Gasteiger partial charge < -0.3 is 14.4 Å². The molecule has 3 aliphatic carbocycles. The third-order valence-corrected chi connectivity index (χ3v) is 12.8. The molecule has 43 heavy (non-hydrogen) atoms. The minimum Gasteiger partial charge on any atom is -0.490 e. The van der Waals surface area contributed by atoms with Gasteiger partial charge in [-0.3, -0.25) is 4.79 Å². The van der Waals surface area contributed by atoms with Crippen LogP contribution in [0.5, 0.6) is 5.75 Å². The van der Waals surface area contributed by atoms with Crippen LogP contribution in [0, 0.1) is 23.2 Å². The molecule has 6 aliphatic rings. The lowest BCUT2D eigenvalue weighted by Gasteiger charge is -2.49. The smallest absolute Gasteiger partial charge is 0.264 e. The first-order valence-corrected chi connectivity index (χ1v) is 17.6. The lowest BCUT2D eigenvalue weighted by atomic mass is 9.62. The monoisotopic (exact) mass is 624 g/mol. The van der Waals surface area contributed by atoms with Crippen molar-refractivity contribution in [3.05, 3.63) is 69.8 Å². The van der Waals surface area contributed by atoms with Crippen molar-refractivity contribution in [2.45, 2.75) is 63.9 Å². The predicted octanol–water partition coefficient (Wildman–Crippen LogP) is 5.90. The molecule has 2 aromatic rings. The van der Waals surface area contributed by atoms with Crippen LogP contribution in [0.3, 0.4) is 0 Å². The van der Waals surface area contributed by atoms with Crippen LogP contribution in [0.25, 0.3) is 0 Å². The van der Waals surface area contributed by atoms with Crippen LogP contribution in [0.4, 0.5) is 5.69 Å². The van der Waals surface area contributed by atoms with E-state index in [-0.39, 0.29) is 23.2 Å². The van der Waals surface area contributed by atoms with Crippen molar-refractivity contribution >= 4 is 33.2 Å². The Balaban J connectivity index is 1.31. The number of carbonyl (C=O) groups excluding carboxylic acids is 1. The fourth-order valence-electron chi connectivity index (χ4n) is 8.38. The Bertz CT molecular complexity index is 1600. The van der Waals surface area contributed by atoms with E-state index in [0.29, 0.717) is 24.0 Å². The molecule has 1 saturated carbocycles. The molecule has 9 heteroatoms. The lowest BCUT2D eigenvalue weighted by molar-refractivity contribution is -0.00186. The fraction of sp³-hybridized carbons (Fsp3) is 0.559. The van der Waals surface area contributed by atoms with Gasteiger partial charge in [-0.2, -0.15) is 0 Å². The number of rotatable bonds is 1. The van der Waals surface area contributed by atoms with E-state index in [0.717, 1.165) is 68.1 Å². The number of allylic oxidation sites excluding steroid dienone is 1. The molecule has 8 rings (SSSR count). The van der Waals surface area contributed by atoms with Gasteiger partial charge in [-0.05, 0) is 109 Å². The molecule has 0 radical (unpaired) electrons. The van der Waals surface area contributed by atoms with Crippen molar-refractivity contribution in [1.29, 1.82) is 0 Å². The van der Waals surface area contributed by atoms with Gasteiger partial charge in [0.2, 0.25) is 10.0 Å². The summed E-state index contributed by atoms with van der Waals surface area (Å²) in [6.45, 7) is 6.03. The highest BCUT2D eigenvalue weighted by molar-refractivity contribution is 7.90. The molecular weight excluding hydrogens is 584 g/mol. The Morgan fingerprint density at radius 2 is 1.95 bits per heavy atom. The Hall–Kier alpha value is -2.55. The number of hydrogen-bond donors (Lipinski definition) is 1. The molecule has 1 fully saturated rings. The highest BCUT2D eigenvalue weighted by Crippen LogP contribution is 2.50. The summed E-state index contributed by atoms with van der Waals surface area (Å²) in [6, 6.07) is 11.6. The Morgan fingerprint density at radius 1 is 1.14 bits per heavy atom. The topological polar surface area (TPSA) is 84.9 Å². The number of nitrogens with one attached hydrogen (secondary N) is 1. The van der Waals surface area contributed by atoms with Crippen LogP contribution < -0.4 is 14.4 Å². The number of aryl methyl sites for hydroxylation is 1. The van der Waals surface area contributed by atoms with Crippen LogP contribution in [0.15, 0.2) is 48.0 Å². The Labute approximate surface area is 260 Å². The number of ether oxygens (including phenoxy) is 2. The van der Waals surface area contributed by atoms with E-state index in [4.69, 9.17) is 21.1 Å². The number of fused-ring (bicyclic) bond motifs is 6. The Kier molecular flexibility index (Phi) is 7.14. The minimum absolute atomic E-state index is 0.0376. The molecule has 230 valence electrons. The summed E-state index contributed by atoms with van der Waals surface area (Å²) in [5.74, 6) is 0.933. The van der Waals surface area contributed by atoms with Crippen molar-refractivity contribution < 1.29 is 22.7 Å². The number of nitrogens with zero attached hydrogens (tertiary/aromatic N) is 1. The Morgan fingerprint density at radius 3 is 2.70 bits per heavy atom. The van der Waals surface area contributed by atoms with E-state index in [1.807, 2.05) is 32.0 Å². The highest BCUT2D eigenvalue weighted by atomic mass is 35.5. The van der Waals surface area contributed by atoms with Crippen molar-refractivity contribution in [2.24, 2.45) is 23.2 Å². The second-order valence-corrected chi connectivity index (χ2v) is 16.3. The van der Waals surface area contributed by atoms with Crippen LogP contribution in [0.1, 0.15) is 67.4 Å². The average Bonchev–Trinajstić information content (AvgIpc) is 3.05. The number of amides is 1. The molecule has 1 unspecified atom stereocenters. The predicted molar refractivity (Wildman–Crippen MR) is 168 cm³/mol. The highest BCUT2D eigenvalue weighted by Gasteiger charge is 2.47. The fourth-order valence-corrected chi connectivity index (χ4v) is 10.2. The lowest BCUT2D eigenvalue weighted by Crippen LogP contribution is -2.50. The third-order valence-electron chi connectivity index (χ3n) is 10.9. The minimum atomic E-state index is -3.87. The van der Waals surface area contributed by atoms with Gasteiger partial charge in [-0.25, -0.2) is 13.1 Å². The number of halogens is 1. The van der Waals surface area contributed by atoms with Crippen LogP contribution in [0.2, 0.25) is 5.02 Å². The normalized spacial score (nSPS) is 32.5. The van der Waals surface area contributed by atoms with Crippen molar-refractivity contribution in [1.82, 2.24) is 4.72 Å². The maximum absolute atomic E-state index is 13.4. The number of sulfonamides is 1. The molecule has 0 saturated heterocycles. The summed E-state index contributed by atoms with van der Waals surface area (Å²) in [5, 5.41) is 0.753. The quantitative estimate of drug-likeness (QED) is 0.398. The van der Waals surface area contributed by atoms with E-state index in [9.17, 15) is 13.2 Å². The standard InChI is InChI=1S/C34H41ClN2O5S/c1-33(2)20-43(39,40)36-32(38)22-7-11-30-29(16-22)37(17-23-6-9-27(23)31(41-3)24-13-25(33)14-24)18-34(19-42-30)12-4-5-21-15-26(35)8-10-28(21)34/h7-8,10-11,13,15-16,23,25,27,31H,4-6,9,12,14,17-20H2,1-3H3,(H,36,38)/t23-,25?,27+,31+,34-/m0/s1. The molecule has 3 heterocycles. The van der Waals surface area contributed by atoms with E-state index in [2.05, 4.69) is 27.8 Å². The van der Waals surface area contributed by atoms with Gasteiger partial charge in [0.15, 0.2) is 0 Å². The zero-order chi connectivity index (χ0) is 30.1. The summed E-state index contributed by atoms with van der Waals surface area (Å²) >= 11 is 6.42. The number of benzene rings is 2. The van der Waals surface area contributed by atoms with Gasteiger partial charge in [0.05, 0.1) is 24.2 Å². The first-order chi connectivity index (χ1) is 20.5. The second kappa shape index (κ2) is 10.5. The molecule has 1 amide bonds. The molecule has 3 aliphatic heterocycles. The van der Waals surface area contributed by atoms with Crippen molar-refractivity contribution in [2.75, 3.05) is 37.5 Å². The molecule has 2 aromatic carbocycles. The van der Waals surface area contributed by atoms with Crippen molar-refractivity contribution in [3.63, 3.8) is 0 Å². The zero-order valence-electron chi connectivity index (χ0n) is 25.2. The number of hydrogen-bond acceptors (Lipinski definition) is 6. The number of anilines is 1. The molecule has 1 N–H and O–H groups in total. The molecule has 0 aromatic heterocycles. The average molecular weight is 625 g/mol.